The number of hydrogen-bond donors (Lipinski definition) is 0. The first-order valence-corrected chi connectivity index (χ1v) is 9.77. The number of thioether (sulfide) groups is 1. The number of amides is 2. The summed E-state index contributed by atoms with van der Waals surface area (Å²) >= 11 is 4.42. The van der Waals surface area contributed by atoms with E-state index in [1.807, 2.05) is 31.2 Å². The van der Waals surface area contributed by atoms with Crippen LogP contribution in [0.4, 0.5) is 4.79 Å². The highest BCUT2D eigenvalue weighted by Crippen LogP contribution is 2.37. The van der Waals surface area contributed by atoms with Crippen molar-refractivity contribution in [3.8, 4) is 11.5 Å². The third-order valence-corrected chi connectivity index (χ3v) is 5.72. The number of carbonyl (C=O) groups excluding carboxylic acids is 2. The Hall–Kier alpha value is -2.25. The fraction of sp³-hybridized carbons (Fsp3) is 0.200. The van der Waals surface area contributed by atoms with Crippen molar-refractivity contribution in [1.82, 2.24) is 4.90 Å². The van der Waals surface area contributed by atoms with Crippen molar-refractivity contribution in [2.45, 2.75) is 13.5 Å². The second-order valence-corrected chi connectivity index (χ2v) is 7.89. The maximum absolute atomic E-state index is 12.1. The van der Waals surface area contributed by atoms with Gasteiger partial charge in [0.1, 0.15) is 6.61 Å². The standard InChI is InChI=1S/C20H18BrNO4S/c1-12-4-6-13(7-5-12)11-26-17-10-15(21)14(8-16(17)25-3)9-18-19(23)22(2)20(24)27-18/h4-10H,11H2,1-3H3/b18-9-. The first-order valence-electron chi connectivity index (χ1n) is 8.16. The molecule has 7 heteroatoms. The van der Waals surface area contributed by atoms with E-state index in [0.717, 1.165) is 32.3 Å². The van der Waals surface area contributed by atoms with Crippen molar-refractivity contribution in [3.05, 3.63) is 62.5 Å². The van der Waals surface area contributed by atoms with E-state index >= 15 is 0 Å². The molecule has 2 amide bonds. The molecule has 0 aromatic heterocycles. The lowest BCUT2D eigenvalue weighted by Gasteiger charge is -2.13. The summed E-state index contributed by atoms with van der Waals surface area (Å²) in [5.41, 5.74) is 2.98. The predicted molar refractivity (Wildman–Crippen MR) is 110 cm³/mol. The third-order valence-electron chi connectivity index (χ3n) is 4.07. The number of imide groups is 1. The van der Waals surface area contributed by atoms with E-state index in [2.05, 4.69) is 15.9 Å². The highest BCUT2D eigenvalue weighted by molar-refractivity contribution is 9.10. The number of aryl methyl sites for hydroxylation is 1. The second kappa shape index (κ2) is 8.19. The molecule has 2 aromatic rings. The lowest BCUT2D eigenvalue weighted by atomic mass is 10.1. The number of halogens is 1. The van der Waals surface area contributed by atoms with E-state index in [9.17, 15) is 9.59 Å². The van der Waals surface area contributed by atoms with E-state index in [1.165, 1.54) is 12.6 Å². The molecule has 3 rings (SSSR count). The van der Waals surface area contributed by atoms with Crippen LogP contribution in [0.3, 0.4) is 0 Å². The van der Waals surface area contributed by atoms with E-state index in [1.54, 1.807) is 25.3 Å². The Bertz CT molecular complexity index is 924. The van der Waals surface area contributed by atoms with Crippen LogP contribution in [-0.2, 0) is 11.4 Å². The Labute approximate surface area is 170 Å². The molecule has 5 nitrogen and oxygen atoms in total. The van der Waals surface area contributed by atoms with Gasteiger partial charge in [-0.1, -0.05) is 45.8 Å². The van der Waals surface area contributed by atoms with Gasteiger partial charge < -0.3 is 9.47 Å². The average Bonchev–Trinajstić information content (AvgIpc) is 2.89. The molecule has 0 unspecified atom stereocenters. The molecule has 1 aliphatic rings. The summed E-state index contributed by atoms with van der Waals surface area (Å²) in [6.45, 7) is 2.45. The van der Waals surface area contributed by atoms with Crippen molar-refractivity contribution in [3.63, 3.8) is 0 Å². The summed E-state index contributed by atoms with van der Waals surface area (Å²) in [5.74, 6) is 0.827. The van der Waals surface area contributed by atoms with E-state index in [-0.39, 0.29) is 11.1 Å². The van der Waals surface area contributed by atoms with Gasteiger partial charge in [-0.3, -0.25) is 14.5 Å². The fourth-order valence-corrected chi connectivity index (χ4v) is 3.72. The quantitative estimate of drug-likeness (QED) is 0.602. The first-order chi connectivity index (χ1) is 12.9. The smallest absolute Gasteiger partial charge is 0.293 e. The summed E-state index contributed by atoms with van der Waals surface area (Å²) in [7, 11) is 3.03. The normalized spacial score (nSPS) is 15.6. The molecule has 1 heterocycles. The molecule has 1 saturated heterocycles. The number of ether oxygens (including phenoxy) is 2. The minimum Gasteiger partial charge on any atom is -0.493 e. The van der Waals surface area contributed by atoms with Crippen molar-refractivity contribution >= 4 is 44.9 Å². The van der Waals surface area contributed by atoms with Crippen LogP contribution in [0.1, 0.15) is 16.7 Å². The monoisotopic (exact) mass is 447 g/mol. The molecular weight excluding hydrogens is 430 g/mol. The Balaban J connectivity index is 1.84. The van der Waals surface area contributed by atoms with Gasteiger partial charge in [0.15, 0.2) is 11.5 Å². The van der Waals surface area contributed by atoms with Crippen molar-refractivity contribution in [2.75, 3.05) is 14.2 Å². The average molecular weight is 448 g/mol. The first kappa shape index (κ1) is 19.5. The molecule has 1 aliphatic heterocycles. The van der Waals surface area contributed by atoms with Crippen molar-refractivity contribution in [1.29, 1.82) is 0 Å². The second-order valence-electron chi connectivity index (χ2n) is 6.04. The summed E-state index contributed by atoms with van der Waals surface area (Å²) in [4.78, 5) is 25.2. The molecule has 27 heavy (non-hydrogen) atoms. The minimum atomic E-state index is -0.310. The van der Waals surface area contributed by atoms with Gasteiger partial charge in [0.05, 0.1) is 12.0 Å². The van der Waals surface area contributed by atoms with Crippen LogP contribution < -0.4 is 9.47 Å². The third kappa shape index (κ3) is 4.36. The number of methoxy groups -OCH3 is 1. The molecule has 0 N–H and O–H groups in total. The summed E-state index contributed by atoms with van der Waals surface area (Å²) < 4.78 is 12.1. The number of hydrogen-bond acceptors (Lipinski definition) is 5. The molecular formula is C20H18BrNO4S. The molecule has 2 aromatic carbocycles. The Morgan fingerprint density at radius 2 is 1.85 bits per heavy atom. The van der Waals surface area contributed by atoms with Gasteiger partial charge in [0, 0.05) is 11.5 Å². The largest absolute Gasteiger partial charge is 0.493 e. The molecule has 0 radical (unpaired) electrons. The highest BCUT2D eigenvalue weighted by atomic mass is 79.9. The Morgan fingerprint density at radius 3 is 2.44 bits per heavy atom. The lowest BCUT2D eigenvalue weighted by Crippen LogP contribution is -2.22. The van der Waals surface area contributed by atoms with Gasteiger partial charge >= 0.3 is 0 Å². The zero-order chi connectivity index (χ0) is 19.6. The van der Waals surface area contributed by atoms with Crippen LogP contribution in [-0.4, -0.2) is 30.2 Å². The summed E-state index contributed by atoms with van der Waals surface area (Å²) in [6, 6.07) is 11.7. The van der Waals surface area contributed by atoms with Crippen molar-refractivity contribution in [2.24, 2.45) is 0 Å². The molecule has 1 fully saturated rings. The molecule has 0 bridgehead atoms. The molecule has 0 aliphatic carbocycles. The Morgan fingerprint density at radius 1 is 1.15 bits per heavy atom. The van der Waals surface area contributed by atoms with E-state index in [0.29, 0.717) is 23.0 Å². The van der Waals surface area contributed by atoms with Gasteiger partial charge in [-0.2, -0.15) is 0 Å². The van der Waals surface area contributed by atoms with Crippen LogP contribution >= 0.6 is 27.7 Å². The van der Waals surface area contributed by atoms with Crippen LogP contribution in [0, 0.1) is 6.92 Å². The zero-order valence-corrected chi connectivity index (χ0v) is 17.5. The number of rotatable bonds is 5. The zero-order valence-electron chi connectivity index (χ0n) is 15.1. The van der Waals surface area contributed by atoms with Gasteiger partial charge in [-0.15, -0.1) is 0 Å². The number of likely N-dealkylation sites (N-methyl/N-ethyl adjacent to an activating group) is 1. The lowest BCUT2D eigenvalue weighted by molar-refractivity contribution is -0.121. The molecule has 0 saturated carbocycles. The van der Waals surface area contributed by atoms with Crippen molar-refractivity contribution < 1.29 is 19.1 Å². The van der Waals surface area contributed by atoms with Gasteiger partial charge in [-0.05, 0) is 48.0 Å². The number of carbonyl (C=O) groups is 2. The fourth-order valence-electron chi connectivity index (χ4n) is 2.47. The maximum atomic E-state index is 12.1. The van der Waals surface area contributed by atoms with E-state index in [4.69, 9.17) is 9.47 Å². The van der Waals surface area contributed by atoms with Crippen LogP contribution in [0.5, 0.6) is 11.5 Å². The van der Waals surface area contributed by atoms with Crippen LogP contribution in [0.25, 0.3) is 6.08 Å². The van der Waals surface area contributed by atoms with Gasteiger partial charge in [-0.25, -0.2) is 0 Å². The molecule has 140 valence electrons. The van der Waals surface area contributed by atoms with E-state index < -0.39 is 0 Å². The number of benzene rings is 2. The van der Waals surface area contributed by atoms with Crippen LogP contribution in [0.15, 0.2) is 45.8 Å². The predicted octanol–water partition coefficient (Wildman–Crippen LogP) is 5.01. The maximum Gasteiger partial charge on any atom is 0.293 e. The van der Waals surface area contributed by atoms with Gasteiger partial charge in [0.25, 0.3) is 11.1 Å². The number of nitrogens with zero attached hydrogens (tertiary/aromatic N) is 1. The minimum absolute atomic E-state index is 0.285. The highest BCUT2D eigenvalue weighted by Gasteiger charge is 2.32. The van der Waals surface area contributed by atoms with Gasteiger partial charge in [0.2, 0.25) is 0 Å². The SMILES string of the molecule is COc1cc(/C=C2\SC(=O)N(C)C2=O)c(Br)cc1OCc1ccc(C)cc1. The summed E-state index contributed by atoms with van der Waals surface area (Å²) in [5, 5.41) is -0.285. The Kier molecular flexibility index (Phi) is 5.92. The van der Waals surface area contributed by atoms with Crippen LogP contribution in [0.2, 0.25) is 0 Å². The molecule has 0 spiro atoms. The summed E-state index contributed by atoms with van der Waals surface area (Å²) in [6.07, 6.45) is 1.67. The molecule has 0 atom stereocenters. The topological polar surface area (TPSA) is 55.8 Å².